The maximum atomic E-state index is 6.07. The van der Waals surface area contributed by atoms with Crippen molar-refractivity contribution in [1.82, 2.24) is 4.98 Å². The lowest BCUT2D eigenvalue weighted by Gasteiger charge is -2.32. The zero-order chi connectivity index (χ0) is 15.3. The first-order chi connectivity index (χ1) is 8.94. The number of rotatable bonds is 1. The van der Waals surface area contributed by atoms with E-state index < -0.39 is 0 Å². The van der Waals surface area contributed by atoms with E-state index in [1.807, 2.05) is 6.07 Å². The summed E-state index contributed by atoms with van der Waals surface area (Å²) in [4.78, 5) is 4.81. The van der Waals surface area contributed by atoms with Crippen LogP contribution in [0.3, 0.4) is 0 Å². The van der Waals surface area contributed by atoms with Gasteiger partial charge in [-0.15, -0.1) is 0 Å². The van der Waals surface area contributed by atoms with Gasteiger partial charge in [-0.2, -0.15) is 0 Å². The standard InChI is InChI=1S/C16H26BNO2/c1-11-9-10-12(18-13(11)14(2,3)4)17-19-15(5,6)16(7,8)20-17/h9-10H,1-8H3. The molecule has 0 aliphatic carbocycles. The molecule has 1 fully saturated rings. The van der Waals surface area contributed by atoms with Crippen molar-refractivity contribution in [2.45, 2.75) is 72.0 Å². The fourth-order valence-corrected chi connectivity index (χ4v) is 2.40. The molecule has 1 aliphatic heterocycles. The Morgan fingerprint density at radius 3 is 1.95 bits per heavy atom. The summed E-state index contributed by atoms with van der Waals surface area (Å²) in [5.41, 5.74) is 2.53. The van der Waals surface area contributed by atoms with Gasteiger partial charge < -0.3 is 9.31 Å². The molecule has 20 heavy (non-hydrogen) atoms. The van der Waals surface area contributed by atoms with E-state index in [-0.39, 0.29) is 23.7 Å². The molecule has 110 valence electrons. The van der Waals surface area contributed by atoms with E-state index in [1.54, 1.807) is 0 Å². The third-order valence-corrected chi connectivity index (χ3v) is 4.32. The van der Waals surface area contributed by atoms with Gasteiger partial charge in [0.2, 0.25) is 0 Å². The molecule has 1 saturated heterocycles. The average Bonchev–Trinajstić information content (AvgIpc) is 2.47. The fraction of sp³-hybridized carbons (Fsp3) is 0.688. The molecule has 4 heteroatoms. The molecule has 2 rings (SSSR count). The number of hydrogen-bond donors (Lipinski definition) is 0. The average molecular weight is 275 g/mol. The van der Waals surface area contributed by atoms with Crippen molar-refractivity contribution in [3.8, 4) is 0 Å². The zero-order valence-corrected chi connectivity index (χ0v) is 14.0. The maximum absolute atomic E-state index is 6.07. The second-order valence-corrected chi connectivity index (χ2v) is 7.74. The Morgan fingerprint density at radius 1 is 1.00 bits per heavy atom. The molecular weight excluding hydrogens is 249 g/mol. The van der Waals surface area contributed by atoms with Crippen molar-refractivity contribution < 1.29 is 9.31 Å². The summed E-state index contributed by atoms with van der Waals surface area (Å²) in [5.74, 6) is 0. The first kappa shape index (κ1) is 15.5. The highest BCUT2D eigenvalue weighted by atomic mass is 16.7. The van der Waals surface area contributed by atoms with Crippen molar-refractivity contribution in [2.24, 2.45) is 0 Å². The lowest BCUT2D eigenvalue weighted by atomic mass is 9.81. The predicted octanol–water partition coefficient (Wildman–Crippen LogP) is 2.99. The third kappa shape index (κ3) is 2.64. The smallest absolute Gasteiger partial charge is 0.398 e. The molecule has 0 amide bonds. The van der Waals surface area contributed by atoms with E-state index in [9.17, 15) is 0 Å². The minimum Gasteiger partial charge on any atom is -0.398 e. The molecule has 0 atom stereocenters. The van der Waals surface area contributed by atoms with Crippen molar-refractivity contribution in [1.29, 1.82) is 0 Å². The van der Waals surface area contributed by atoms with E-state index in [0.29, 0.717) is 0 Å². The van der Waals surface area contributed by atoms with Gasteiger partial charge in [0.25, 0.3) is 0 Å². The van der Waals surface area contributed by atoms with Crippen LogP contribution in [0.5, 0.6) is 0 Å². The van der Waals surface area contributed by atoms with Gasteiger partial charge in [-0.1, -0.05) is 26.8 Å². The molecule has 0 unspecified atom stereocenters. The molecule has 0 aromatic carbocycles. The van der Waals surface area contributed by atoms with Crippen LogP contribution in [0.1, 0.15) is 59.7 Å². The molecule has 0 saturated carbocycles. The van der Waals surface area contributed by atoms with E-state index in [4.69, 9.17) is 14.3 Å². The molecule has 1 aromatic heterocycles. The Labute approximate surface area is 123 Å². The van der Waals surface area contributed by atoms with Crippen LogP contribution in [-0.4, -0.2) is 23.3 Å². The topological polar surface area (TPSA) is 31.4 Å². The number of aryl methyl sites for hydroxylation is 1. The van der Waals surface area contributed by atoms with Crippen LogP contribution in [0.2, 0.25) is 0 Å². The Kier molecular flexibility index (Phi) is 3.55. The molecule has 0 bridgehead atoms. The van der Waals surface area contributed by atoms with Gasteiger partial charge in [-0.3, -0.25) is 4.98 Å². The molecular formula is C16H26BNO2. The Bertz CT molecular complexity index is 502. The third-order valence-electron chi connectivity index (χ3n) is 4.32. The van der Waals surface area contributed by atoms with Crippen molar-refractivity contribution in [3.05, 3.63) is 23.4 Å². The maximum Gasteiger partial charge on any atom is 0.514 e. The second-order valence-electron chi connectivity index (χ2n) is 7.74. The van der Waals surface area contributed by atoms with E-state index >= 15 is 0 Å². The lowest BCUT2D eigenvalue weighted by Crippen LogP contribution is -2.41. The minimum atomic E-state index is -0.387. The largest absolute Gasteiger partial charge is 0.514 e. The zero-order valence-electron chi connectivity index (χ0n) is 14.0. The fourth-order valence-electron chi connectivity index (χ4n) is 2.40. The number of pyridine rings is 1. The Morgan fingerprint density at radius 2 is 1.50 bits per heavy atom. The van der Waals surface area contributed by atoms with Crippen LogP contribution >= 0.6 is 0 Å². The van der Waals surface area contributed by atoms with Gasteiger partial charge >= 0.3 is 7.12 Å². The number of nitrogens with zero attached hydrogens (tertiary/aromatic N) is 1. The van der Waals surface area contributed by atoms with Crippen molar-refractivity contribution in [3.63, 3.8) is 0 Å². The van der Waals surface area contributed by atoms with Crippen molar-refractivity contribution in [2.75, 3.05) is 0 Å². The summed E-state index contributed by atoms with van der Waals surface area (Å²) >= 11 is 0. The van der Waals surface area contributed by atoms with Crippen LogP contribution in [0.15, 0.2) is 12.1 Å². The van der Waals surface area contributed by atoms with Gasteiger partial charge in [0.1, 0.15) is 0 Å². The molecule has 0 spiro atoms. The second kappa shape index (κ2) is 4.57. The highest BCUT2D eigenvalue weighted by Gasteiger charge is 2.52. The quantitative estimate of drug-likeness (QED) is 0.738. The normalized spacial score (nSPS) is 21.3. The Balaban J connectivity index is 2.37. The number of aromatic nitrogens is 1. The molecule has 1 aliphatic rings. The van der Waals surface area contributed by atoms with Gasteiger partial charge in [0.15, 0.2) is 0 Å². The highest BCUT2D eigenvalue weighted by molar-refractivity contribution is 6.61. The van der Waals surface area contributed by atoms with Gasteiger partial charge in [0, 0.05) is 11.1 Å². The molecule has 1 aromatic rings. The SMILES string of the molecule is Cc1ccc(B2OC(C)(C)C(C)(C)O2)nc1C(C)(C)C. The van der Waals surface area contributed by atoms with Gasteiger partial charge in [-0.25, -0.2) is 0 Å². The first-order valence-corrected chi connectivity index (χ1v) is 7.28. The molecule has 2 heterocycles. The van der Waals surface area contributed by atoms with Crippen LogP contribution in [0.25, 0.3) is 0 Å². The summed E-state index contributed by atoms with van der Waals surface area (Å²) in [6, 6.07) is 4.11. The summed E-state index contributed by atoms with van der Waals surface area (Å²) in [7, 11) is -0.387. The van der Waals surface area contributed by atoms with Gasteiger partial charge in [-0.05, 0) is 46.2 Å². The monoisotopic (exact) mass is 275 g/mol. The van der Waals surface area contributed by atoms with E-state index in [2.05, 4.69) is 61.5 Å². The van der Waals surface area contributed by atoms with E-state index in [0.717, 1.165) is 11.3 Å². The summed E-state index contributed by atoms with van der Waals surface area (Å²) < 4.78 is 12.1. The lowest BCUT2D eigenvalue weighted by molar-refractivity contribution is 0.00578. The summed E-state index contributed by atoms with van der Waals surface area (Å²) in [5, 5.41) is 0. The van der Waals surface area contributed by atoms with Gasteiger partial charge in [0.05, 0.1) is 16.8 Å². The summed E-state index contributed by atoms with van der Waals surface area (Å²) in [6.45, 7) is 16.9. The first-order valence-electron chi connectivity index (χ1n) is 7.28. The van der Waals surface area contributed by atoms with Crippen LogP contribution < -0.4 is 5.59 Å². The molecule has 0 radical (unpaired) electrons. The molecule has 0 N–H and O–H groups in total. The predicted molar refractivity (Wildman–Crippen MR) is 83.4 cm³/mol. The Hall–Kier alpha value is -0.865. The van der Waals surface area contributed by atoms with Crippen LogP contribution in [-0.2, 0) is 14.7 Å². The van der Waals surface area contributed by atoms with Crippen molar-refractivity contribution >= 4 is 12.7 Å². The minimum absolute atomic E-state index is 0.0176. The van der Waals surface area contributed by atoms with E-state index in [1.165, 1.54) is 5.56 Å². The van der Waals surface area contributed by atoms with Crippen LogP contribution in [0.4, 0.5) is 0 Å². The number of hydrogen-bond acceptors (Lipinski definition) is 3. The van der Waals surface area contributed by atoms with Crippen LogP contribution in [0, 0.1) is 6.92 Å². The summed E-state index contributed by atoms with van der Waals surface area (Å²) in [6.07, 6.45) is 0. The molecule has 3 nitrogen and oxygen atoms in total. The highest BCUT2D eigenvalue weighted by Crippen LogP contribution is 2.36.